The molecular formula is C27H28F3N5O6S. The molecule has 3 aromatic rings. The molecule has 1 amide bonds. The van der Waals surface area contributed by atoms with Crippen LogP contribution in [0.2, 0.25) is 0 Å². The number of nitrogens with one attached hydrogen (secondary N) is 1. The number of carbonyl (C=O) groups is 2. The summed E-state index contributed by atoms with van der Waals surface area (Å²) in [7, 11) is -4.44. The zero-order valence-electron chi connectivity index (χ0n) is 22.5. The zero-order chi connectivity index (χ0) is 30.8. The predicted octanol–water partition coefficient (Wildman–Crippen LogP) is 3.22. The van der Waals surface area contributed by atoms with Crippen LogP contribution in [-0.2, 0) is 27.5 Å². The molecule has 2 aromatic carbocycles. The number of aromatic carboxylic acids is 1. The number of benzene rings is 2. The van der Waals surface area contributed by atoms with Crippen molar-refractivity contribution in [1.82, 2.24) is 19.6 Å². The third-order valence-corrected chi connectivity index (χ3v) is 8.73. The van der Waals surface area contributed by atoms with E-state index in [1.807, 2.05) is 38.1 Å². The monoisotopic (exact) mass is 607 g/mol. The Morgan fingerprint density at radius 3 is 2.26 bits per heavy atom. The summed E-state index contributed by atoms with van der Waals surface area (Å²) in [4.78, 5) is 33.4. The van der Waals surface area contributed by atoms with Crippen molar-refractivity contribution in [2.24, 2.45) is 0 Å². The average Bonchev–Trinajstić information content (AvgIpc) is 2.95. The number of sulfonamides is 1. The Bertz CT molecular complexity index is 1560. The van der Waals surface area contributed by atoms with Gasteiger partial charge >= 0.3 is 12.1 Å². The molecule has 1 aliphatic heterocycles. The van der Waals surface area contributed by atoms with E-state index in [1.165, 1.54) is 4.90 Å². The number of anilines is 1. The maximum absolute atomic E-state index is 13.6. The Morgan fingerprint density at radius 1 is 1.07 bits per heavy atom. The summed E-state index contributed by atoms with van der Waals surface area (Å²) in [6, 6.07) is 9.11. The van der Waals surface area contributed by atoms with Crippen molar-refractivity contribution in [3.63, 3.8) is 0 Å². The van der Waals surface area contributed by atoms with Crippen LogP contribution < -0.4 is 10.2 Å². The first-order valence-corrected chi connectivity index (χ1v) is 14.2. The molecule has 1 aromatic heterocycles. The van der Waals surface area contributed by atoms with Crippen LogP contribution in [0.4, 0.5) is 19.1 Å². The molecule has 4 rings (SSSR count). The molecule has 3 N–H and O–H groups in total. The van der Waals surface area contributed by atoms with Gasteiger partial charge in [0.05, 0.1) is 16.7 Å². The van der Waals surface area contributed by atoms with E-state index in [9.17, 15) is 36.3 Å². The molecule has 0 bridgehead atoms. The Balaban J connectivity index is 1.62. The highest BCUT2D eigenvalue weighted by molar-refractivity contribution is 7.89. The molecule has 0 aliphatic carbocycles. The van der Waals surface area contributed by atoms with Crippen molar-refractivity contribution < 1.29 is 41.4 Å². The molecule has 0 saturated carbocycles. The third-order valence-electron chi connectivity index (χ3n) is 6.80. The van der Waals surface area contributed by atoms with E-state index >= 15 is 0 Å². The zero-order valence-corrected chi connectivity index (χ0v) is 23.4. The van der Waals surface area contributed by atoms with Crippen LogP contribution in [0.5, 0.6) is 5.88 Å². The number of carbonyl (C=O) groups excluding carboxylic acids is 1. The fraction of sp³-hybridized carbons (Fsp3) is 0.333. The highest BCUT2D eigenvalue weighted by atomic mass is 32.2. The molecule has 11 nitrogen and oxygen atoms in total. The largest absolute Gasteiger partial charge is 0.493 e. The molecule has 0 radical (unpaired) electrons. The molecule has 1 saturated heterocycles. The van der Waals surface area contributed by atoms with Gasteiger partial charge in [0, 0.05) is 26.2 Å². The van der Waals surface area contributed by atoms with Crippen molar-refractivity contribution in [3.8, 4) is 5.88 Å². The van der Waals surface area contributed by atoms with Gasteiger partial charge in [-0.05, 0) is 41.3 Å². The van der Waals surface area contributed by atoms with Crippen LogP contribution in [0, 0.1) is 0 Å². The minimum absolute atomic E-state index is 0.0633. The summed E-state index contributed by atoms with van der Waals surface area (Å²) in [5.74, 6) is -2.78. The number of carboxylic acids is 1. The fourth-order valence-corrected chi connectivity index (χ4v) is 5.97. The number of halogens is 3. The van der Waals surface area contributed by atoms with Gasteiger partial charge in [-0.2, -0.15) is 22.5 Å². The molecule has 1 aliphatic rings. The third kappa shape index (κ3) is 6.62. The average molecular weight is 608 g/mol. The van der Waals surface area contributed by atoms with Crippen molar-refractivity contribution in [2.75, 3.05) is 24.5 Å². The van der Waals surface area contributed by atoms with E-state index in [-0.39, 0.29) is 32.1 Å². The fourth-order valence-electron chi connectivity index (χ4n) is 4.39. The van der Waals surface area contributed by atoms with Gasteiger partial charge in [-0.1, -0.05) is 38.1 Å². The van der Waals surface area contributed by atoms with E-state index in [1.54, 1.807) is 0 Å². The lowest BCUT2D eigenvalue weighted by Crippen LogP contribution is -2.60. The van der Waals surface area contributed by atoms with Gasteiger partial charge in [-0.3, -0.25) is 4.79 Å². The van der Waals surface area contributed by atoms with Gasteiger partial charge in [-0.15, -0.1) is 0 Å². The molecule has 224 valence electrons. The van der Waals surface area contributed by atoms with Gasteiger partial charge in [0.25, 0.3) is 0 Å². The first kappa shape index (κ1) is 30.7. The number of nitrogens with zero attached hydrogens (tertiary/aromatic N) is 4. The maximum atomic E-state index is 13.6. The van der Waals surface area contributed by atoms with Crippen molar-refractivity contribution in [1.29, 1.82) is 0 Å². The lowest BCUT2D eigenvalue weighted by atomic mass is 10.0. The molecule has 1 fully saturated rings. The van der Waals surface area contributed by atoms with Gasteiger partial charge in [-0.25, -0.2) is 18.2 Å². The number of rotatable bonds is 8. The second-order valence-corrected chi connectivity index (χ2v) is 11.8. The molecular weight excluding hydrogens is 579 g/mol. The molecule has 0 spiro atoms. The van der Waals surface area contributed by atoms with Crippen LogP contribution in [0.3, 0.4) is 0 Å². The number of piperazine rings is 1. The van der Waals surface area contributed by atoms with E-state index < -0.39 is 56.0 Å². The first-order chi connectivity index (χ1) is 19.7. The SMILES string of the molecule is CC(C)c1ccc(CNC(=O)C2CN(c3ncc(C(=O)O)c(O)n3)CCN2S(=O)(=O)c2ccc(C(F)(F)F)cc2)cc1. The summed E-state index contributed by atoms with van der Waals surface area (Å²) in [5, 5.41) is 21.9. The summed E-state index contributed by atoms with van der Waals surface area (Å²) in [6.45, 7) is 3.52. The second kappa shape index (κ2) is 11.9. The van der Waals surface area contributed by atoms with Gasteiger partial charge in [0.15, 0.2) is 0 Å². The molecule has 42 heavy (non-hydrogen) atoms. The molecule has 15 heteroatoms. The van der Waals surface area contributed by atoms with E-state index in [4.69, 9.17) is 5.11 Å². The summed E-state index contributed by atoms with van der Waals surface area (Å²) < 4.78 is 67.2. The van der Waals surface area contributed by atoms with E-state index in [0.717, 1.165) is 33.8 Å². The standard InChI is InChI=1S/C27H28F3N5O6S/c1-16(2)18-5-3-17(4-6-18)13-31-24(37)22-15-34(26-32-14-21(25(38)39)23(36)33-26)11-12-35(22)42(40,41)20-9-7-19(8-10-20)27(28,29)30/h3-10,14,16,22H,11-13,15H2,1-2H3,(H,31,37)(H,38,39)(H,32,33,36). The predicted molar refractivity (Wildman–Crippen MR) is 144 cm³/mol. The second-order valence-electron chi connectivity index (χ2n) is 9.93. The Morgan fingerprint density at radius 2 is 1.71 bits per heavy atom. The number of carboxylic acid groups (broad SMARTS) is 1. The van der Waals surface area contributed by atoms with Gasteiger partial charge in [0.2, 0.25) is 27.8 Å². The number of amides is 1. The number of aromatic hydroxyl groups is 1. The number of hydrogen-bond acceptors (Lipinski definition) is 8. The maximum Gasteiger partial charge on any atom is 0.416 e. The van der Waals surface area contributed by atoms with Crippen LogP contribution >= 0.6 is 0 Å². The van der Waals surface area contributed by atoms with Crippen LogP contribution in [-0.4, -0.2) is 70.5 Å². The Kier molecular flexibility index (Phi) is 8.73. The smallest absolute Gasteiger partial charge is 0.416 e. The highest BCUT2D eigenvalue weighted by Crippen LogP contribution is 2.31. The molecule has 1 unspecified atom stereocenters. The molecule has 2 heterocycles. The van der Waals surface area contributed by atoms with Crippen LogP contribution in [0.25, 0.3) is 0 Å². The minimum atomic E-state index is -4.66. The minimum Gasteiger partial charge on any atom is -0.493 e. The van der Waals surface area contributed by atoms with Crippen molar-refractivity contribution in [3.05, 3.63) is 77.0 Å². The number of aromatic nitrogens is 2. The highest BCUT2D eigenvalue weighted by Gasteiger charge is 2.41. The van der Waals surface area contributed by atoms with Crippen molar-refractivity contribution >= 4 is 27.8 Å². The Hall–Kier alpha value is -4.24. The first-order valence-electron chi connectivity index (χ1n) is 12.8. The summed E-state index contributed by atoms with van der Waals surface area (Å²) in [5.41, 5.74) is 0.292. The summed E-state index contributed by atoms with van der Waals surface area (Å²) in [6.07, 6.45) is -3.77. The number of alkyl halides is 3. The Labute approximate surface area is 239 Å². The lowest BCUT2D eigenvalue weighted by molar-refractivity contribution is -0.137. The van der Waals surface area contributed by atoms with Gasteiger partial charge < -0.3 is 20.4 Å². The topological polar surface area (TPSA) is 153 Å². The molecule has 1 atom stereocenters. The normalized spacial score (nSPS) is 16.4. The number of hydrogen-bond donors (Lipinski definition) is 3. The van der Waals surface area contributed by atoms with Crippen LogP contribution in [0.1, 0.15) is 46.8 Å². The van der Waals surface area contributed by atoms with E-state index in [0.29, 0.717) is 18.1 Å². The quantitative estimate of drug-likeness (QED) is 0.350. The van der Waals surface area contributed by atoms with Crippen LogP contribution in [0.15, 0.2) is 59.6 Å². The van der Waals surface area contributed by atoms with Gasteiger partial charge in [0.1, 0.15) is 11.6 Å². The lowest BCUT2D eigenvalue weighted by Gasteiger charge is -2.39. The van der Waals surface area contributed by atoms with E-state index in [2.05, 4.69) is 15.3 Å². The van der Waals surface area contributed by atoms with Crippen molar-refractivity contribution in [2.45, 2.75) is 43.4 Å². The summed E-state index contributed by atoms with van der Waals surface area (Å²) >= 11 is 0.